The highest BCUT2D eigenvalue weighted by molar-refractivity contribution is 5.81. The van der Waals surface area contributed by atoms with Crippen molar-refractivity contribution in [1.82, 2.24) is 19.5 Å². The number of halogens is 1. The molecule has 2 aromatic heterocycles. The Bertz CT molecular complexity index is 618. The van der Waals surface area contributed by atoms with Crippen LogP contribution in [0.2, 0.25) is 0 Å². The summed E-state index contributed by atoms with van der Waals surface area (Å²) in [5.41, 5.74) is 4.91. The maximum atomic E-state index is 14.1. The van der Waals surface area contributed by atoms with Crippen LogP contribution in [0.25, 0.3) is 11.2 Å². The minimum absolute atomic E-state index is 0.115. The number of fused-ring (bicyclic) bond motifs is 1. The van der Waals surface area contributed by atoms with Crippen LogP contribution in [0.1, 0.15) is 12.5 Å². The predicted octanol–water partition coefficient (Wildman–Crippen LogP) is -0.338. The number of nitrogens with two attached hydrogens (primary N) is 1. The molecule has 3 rings (SSSR count). The van der Waals surface area contributed by atoms with Gasteiger partial charge in [0.2, 0.25) is 0 Å². The van der Waals surface area contributed by atoms with E-state index in [0.717, 1.165) is 0 Å². The molecule has 1 fully saturated rings. The zero-order valence-electron chi connectivity index (χ0n) is 10.1. The second kappa shape index (κ2) is 4.10. The lowest BCUT2D eigenvalue weighted by atomic mass is 9.67. The number of nitrogens with zero attached hydrogens (tertiary/aromatic N) is 4. The van der Waals surface area contributed by atoms with E-state index in [-0.39, 0.29) is 24.9 Å². The normalized spacial score (nSPS) is 30.5. The van der Waals surface area contributed by atoms with Crippen molar-refractivity contribution in [1.29, 1.82) is 0 Å². The molecular formula is C11H14FN5O2. The van der Waals surface area contributed by atoms with Crippen LogP contribution in [0, 0.1) is 5.92 Å². The lowest BCUT2D eigenvalue weighted by Crippen LogP contribution is -2.55. The molecule has 7 nitrogen and oxygen atoms in total. The average Bonchev–Trinajstić information content (AvgIpc) is 2.81. The van der Waals surface area contributed by atoms with Crippen molar-refractivity contribution in [2.45, 2.75) is 18.1 Å². The van der Waals surface area contributed by atoms with Crippen molar-refractivity contribution >= 4 is 17.0 Å². The summed E-state index contributed by atoms with van der Waals surface area (Å²) in [5, 5.41) is 18.4. The number of aromatic nitrogens is 4. The Hall–Kier alpha value is -1.80. The summed E-state index contributed by atoms with van der Waals surface area (Å²) in [6.45, 7) is -0.944. The van der Waals surface area contributed by atoms with Crippen molar-refractivity contribution in [3.05, 3.63) is 12.7 Å². The van der Waals surface area contributed by atoms with E-state index in [9.17, 15) is 9.50 Å². The Kier molecular flexibility index (Phi) is 2.64. The molecule has 19 heavy (non-hydrogen) atoms. The smallest absolute Gasteiger partial charge is 0.165 e. The van der Waals surface area contributed by atoms with Gasteiger partial charge < -0.3 is 20.5 Å². The van der Waals surface area contributed by atoms with E-state index in [1.165, 1.54) is 12.7 Å². The molecule has 1 aliphatic carbocycles. The van der Waals surface area contributed by atoms with Crippen LogP contribution in [-0.2, 0) is 0 Å². The maximum absolute atomic E-state index is 14.1. The van der Waals surface area contributed by atoms with E-state index >= 15 is 0 Å². The summed E-state index contributed by atoms with van der Waals surface area (Å²) >= 11 is 0. The van der Waals surface area contributed by atoms with Gasteiger partial charge in [-0.3, -0.25) is 0 Å². The fourth-order valence-corrected chi connectivity index (χ4v) is 2.70. The van der Waals surface area contributed by atoms with E-state index < -0.39 is 18.2 Å². The van der Waals surface area contributed by atoms with Crippen molar-refractivity contribution < 1.29 is 14.6 Å². The van der Waals surface area contributed by atoms with Crippen LogP contribution in [-0.4, -0.2) is 48.6 Å². The zero-order valence-corrected chi connectivity index (χ0v) is 10.1. The molecule has 1 saturated carbocycles. The predicted molar refractivity (Wildman–Crippen MR) is 64.9 cm³/mol. The SMILES string of the molecule is Nc1ncnc2c1ncn2[C@H]1C[C@](F)(CO)[C@H]1CO. The van der Waals surface area contributed by atoms with Gasteiger partial charge in [0.25, 0.3) is 0 Å². The number of alkyl halides is 1. The van der Waals surface area contributed by atoms with E-state index in [4.69, 9.17) is 10.8 Å². The maximum Gasteiger partial charge on any atom is 0.165 e. The molecule has 0 aliphatic heterocycles. The van der Waals surface area contributed by atoms with E-state index in [1.807, 2.05) is 0 Å². The molecule has 2 aromatic rings. The Morgan fingerprint density at radius 3 is 2.89 bits per heavy atom. The molecule has 4 N–H and O–H groups in total. The van der Waals surface area contributed by atoms with Gasteiger partial charge in [-0.2, -0.15) is 0 Å². The Balaban J connectivity index is 2.00. The molecule has 8 heteroatoms. The molecule has 0 unspecified atom stereocenters. The van der Waals surface area contributed by atoms with Crippen LogP contribution in [0.15, 0.2) is 12.7 Å². The van der Waals surface area contributed by atoms with Gasteiger partial charge in [0.15, 0.2) is 11.5 Å². The third-order valence-electron chi connectivity index (χ3n) is 3.88. The van der Waals surface area contributed by atoms with E-state index in [1.54, 1.807) is 4.57 Å². The van der Waals surface area contributed by atoms with Gasteiger partial charge in [-0.1, -0.05) is 0 Å². The summed E-state index contributed by atoms with van der Waals surface area (Å²) in [4.78, 5) is 12.0. The second-order valence-electron chi connectivity index (χ2n) is 4.84. The Morgan fingerprint density at radius 1 is 1.42 bits per heavy atom. The lowest BCUT2D eigenvalue weighted by Gasteiger charge is -2.48. The summed E-state index contributed by atoms with van der Waals surface area (Å²) in [7, 11) is 0. The topological polar surface area (TPSA) is 110 Å². The fraction of sp³-hybridized carbons (Fsp3) is 0.545. The first kappa shape index (κ1) is 12.2. The molecule has 0 spiro atoms. The summed E-state index contributed by atoms with van der Waals surface area (Å²) in [6.07, 6.45) is 2.95. The highest BCUT2D eigenvalue weighted by Gasteiger charge is 2.55. The number of aliphatic hydroxyl groups is 2. The monoisotopic (exact) mass is 267 g/mol. The standard InChI is InChI=1S/C11H14FN5O2/c12-11(3-19)1-7(6(11)2-18)17-5-16-8-9(13)14-4-15-10(8)17/h4-7,18-19H,1-3H2,(H2,13,14,15)/t6-,7-,11-/m0/s1. The Labute approximate surface area is 107 Å². The molecule has 0 saturated heterocycles. The molecule has 0 aromatic carbocycles. The van der Waals surface area contributed by atoms with Gasteiger partial charge in [0.1, 0.15) is 17.5 Å². The van der Waals surface area contributed by atoms with Crippen molar-refractivity contribution in [3.8, 4) is 0 Å². The van der Waals surface area contributed by atoms with Crippen molar-refractivity contribution in [2.75, 3.05) is 18.9 Å². The fourth-order valence-electron chi connectivity index (χ4n) is 2.70. The number of hydrogen-bond donors (Lipinski definition) is 3. The number of anilines is 1. The van der Waals surface area contributed by atoms with E-state index in [2.05, 4.69) is 15.0 Å². The zero-order chi connectivity index (χ0) is 13.6. The largest absolute Gasteiger partial charge is 0.396 e. The molecule has 0 radical (unpaired) electrons. The molecule has 2 heterocycles. The van der Waals surface area contributed by atoms with Crippen LogP contribution < -0.4 is 5.73 Å². The van der Waals surface area contributed by atoms with Crippen LogP contribution in [0.5, 0.6) is 0 Å². The Morgan fingerprint density at radius 2 is 2.21 bits per heavy atom. The molecular weight excluding hydrogens is 253 g/mol. The lowest BCUT2D eigenvalue weighted by molar-refractivity contribution is -0.116. The van der Waals surface area contributed by atoms with Crippen LogP contribution in [0.3, 0.4) is 0 Å². The van der Waals surface area contributed by atoms with E-state index in [0.29, 0.717) is 11.2 Å². The first-order valence-corrected chi connectivity index (χ1v) is 5.94. The van der Waals surface area contributed by atoms with Crippen LogP contribution >= 0.6 is 0 Å². The average molecular weight is 267 g/mol. The third kappa shape index (κ3) is 1.60. The molecule has 3 atom stereocenters. The van der Waals surface area contributed by atoms with Crippen molar-refractivity contribution in [3.63, 3.8) is 0 Å². The van der Waals surface area contributed by atoms with Gasteiger partial charge in [0, 0.05) is 18.4 Å². The highest BCUT2D eigenvalue weighted by Crippen LogP contribution is 2.50. The number of nitrogen functional groups attached to an aromatic ring is 1. The number of hydrogen-bond acceptors (Lipinski definition) is 6. The minimum Gasteiger partial charge on any atom is -0.396 e. The first-order chi connectivity index (χ1) is 9.10. The van der Waals surface area contributed by atoms with Gasteiger partial charge in [-0.25, -0.2) is 19.3 Å². The molecule has 0 bridgehead atoms. The quantitative estimate of drug-likeness (QED) is 0.702. The number of imidazole rings is 1. The second-order valence-corrected chi connectivity index (χ2v) is 4.84. The molecule has 1 aliphatic rings. The number of aliphatic hydroxyl groups excluding tert-OH is 2. The third-order valence-corrected chi connectivity index (χ3v) is 3.88. The summed E-state index contributed by atoms with van der Waals surface area (Å²) < 4.78 is 15.8. The highest BCUT2D eigenvalue weighted by atomic mass is 19.1. The first-order valence-electron chi connectivity index (χ1n) is 5.94. The summed E-state index contributed by atoms with van der Waals surface area (Å²) in [6, 6.07) is -0.290. The van der Waals surface area contributed by atoms with Gasteiger partial charge in [-0.05, 0) is 0 Å². The van der Waals surface area contributed by atoms with Crippen LogP contribution in [0.4, 0.5) is 10.2 Å². The van der Waals surface area contributed by atoms with Gasteiger partial charge in [-0.15, -0.1) is 0 Å². The van der Waals surface area contributed by atoms with Gasteiger partial charge >= 0.3 is 0 Å². The molecule has 0 amide bonds. The summed E-state index contributed by atoms with van der Waals surface area (Å²) in [5.74, 6) is -0.414. The van der Waals surface area contributed by atoms with Gasteiger partial charge in [0.05, 0.1) is 19.5 Å². The number of rotatable bonds is 3. The minimum atomic E-state index is -1.74. The molecule has 102 valence electrons. The van der Waals surface area contributed by atoms with Crippen molar-refractivity contribution in [2.24, 2.45) is 5.92 Å².